The van der Waals surface area contributed by atoms with Crippen LogP contribution in [0.25, 0.3) is 0 Å². The van der Waals surface area contributed by atoms with Gasteiger partial charge in [0.15, 0.2) is 0 Å². The van der Waals surface area contributed by atoms with E-state index in [4.69, 9.17) is 5.73 Å². The van der Waals surface area contributed by atoms with Gasteiger partial charge in [0.25, 0.3) is 0 Å². The second kappa shape index (κ2) is 4.52. The van der Waals surface area contributed by atoms with Crippen LogP contribution in [0.15, 0.2) is 0 Å². The number of amides is 1. The minimum absolute atomic E-state index is 0.339. The Morgan fingerprint density at radius 3 is 2.20 bits per heavy atom. The Balaban J connectivity index is 1.84. The molecule has 15 heavy (non-hydrogen) atoms. The van der Waals surface area contributed by atoms with E-state index in [2.05, 4.69) is 0 Å². The molecule has 2 N–H and O–H groups in total. The lowest BCUT2D eigenvalue weighted by atomic mass is 9.83. The fourth-order valence-corrected chi connectivity index (χ4v) is 2.61. The van der Waals surface area contributed by atoms with Gasteiger partial charge in [0.2, 0.25) is 5.91 Å². The first-order chi connectivity index (χ1) is 7.18. The summed E-state index contributed by atoms with van der Waals surface area (Å²) < 4.78 is 0. The van der Waals surface area contributed by atoms with E-state index in [1.807, 2.05) is 11.9 Å². The van der Waals surface area contributed by atoms with Gasteiger partial charge < -0.3 is 10.6 Å². The zero-order valence-corrected chi connectivity index (χ0v) is 9.61. The van der Waals surface area contributed by atoms with E-state index in [0.717, 1.165) is 38.5 Å². The zero-order chi connectivity index (χ0) is 10.8. The molecule has 0 unspecified atom stereocenters. The van der Waals surface area contributed by atoms with Crippen LogP contribution < -0.4 is 5.73 Å². The summed E-state index contributed by atoms with van der Waals surface area (Å²) in [4.78, 5) is 14.0. The molecule has 0 bridgehead atoms. The maximum Gasteiger partial charge on any atom is 0.225 e. The molecular formula is C12H22N2O. The summed E-state index contributed by atoms with van der Waals surface area (Å²) >= 11 is 0. The molecule has 2 saturated carbocycles. The highest BCUT2D eigenvalue weighted by molar-refractivity contribution is 5.79. The van der Waals surface area contributed by atoms with Gasteiger partial charge in [0.1, 0.15) is 0 Å². The van der Waals surface area contributed by atoms with E-state index in [1.54, 1.807) is 0 Å². The summed E-state index contributed by atoms with van der Waals surface area (Å²) in [5.41, 5.74) is 5.87. The third-order valence-corrected chi connectivity index (χ3v) is 4.09. The van der Waals surface area contributed by atoms with Gasteiger partial charge in [-0.3, -0.25) is 4.79 Å². The molecule has 2 fully saturated rings. The largest absolute Gasteiger partial charge is 0.343 e. The van der Waals surface area contributed by atoms with Crippen LogP contribution in [0, 0.1) is 5.92 Å². The topological polar surface area (TPSA) is 46.3 Å². The molecule has 2 aliphatic carbocycles. The van der Waals surface area contributed by atoms with E-state index in [0.29, 0.717) is 23.9 Å². The quantitative estimate of drug-likeness (QED) is 0.751. The Morgan fingerprint density at radius 2 is 1.73 bits per heavy atom. The minimum Gasteiger partial charge on any atom is -0.343 e. The van der Waals surface area contributed by atoms with Gasteiger partial charge in [-0.25, -0.2) is 0 Å². The fraction of sp³-hybridized carbons (Fsp3) is 0.917. The molecule has 1 amide bonds. The maximum absolute atomic E-state index is 12.0. The van der Waals surface area contributed by atoms with Gasteiger partial charge in [-0.2, -0.15) is 0 Å². The van der Waals surface area contributed by atoms with Crippen LogP contribution in [-0.2, 0) is 4.79 Å². The standard InChI is InChI=1S/C12H22N2O/c1-14(12(15)9-3-2-4-9)11-7-5-10(13)6-8-11/h9-11H,2-8,13H2,1H3. The van der Waals surface area contributed by atoms with Crippen LogP contribution in [0.3, 0.4) is 0 Å². The molecular weight excluding hydrogens is 188 g/mol. The van der Waals surface area contributed by atoms with Crippen molar-refractivity contribution < 1.29 is 4.79 Å². The van der Waals surface area contributed by atoms with Crippen LogP contribution in [0.4, 0.5) is 0 Å². The number of carbonyl (C=O) groups excluding carboxylic acids is 1. The highest BCUT2D eigenvalue weighted by Gasteiger charge is 2.32. The Labute approximate surface area is 92.0 Å². The van der Waals surface area contributed by atoms with Crippen LogP contribution in [0.2, 0.25) is 0 Å². The third-order valence-electron chi connectivity index (χ3n) is 4.09. The Kier molecular flexibility index (Phi) is 3.29. The van der Waals surface area contributed by atoms with Gasteiger partial charge >= 0.3 is 0 Å². The molecule has 0 radical (unpaired) electrons. The lowest BCUT2D eigenvalue weighted by molar-refractivity contribution is -0.139. The van der Waals surface area contributed by atoms with Gasteiger partial charge in [-0.05, 0) is 38.5 Å². The summed E-state index contributed by atoms with van der Waals surface area (Å²) in [6.45, 7) is 0. The summed E-state index contributed by atoms with van der Waals surface area (Å²) in [6, 6.07) is 0.825. The lowest BCUT2D eigenvalue weighted by Gasteiger charge is -2.37. The van der Waals surface area contributed by atoms with Gasteiger partial charge in [-0.15, -0.1) is 0 Å². The predicted molar refractivity (Wildman–Crippen MR) is 60.3 cm³/mol. The predicted octanol–water partition coefficient (Wildman–Crippen LogP) is 1.51. The van der Waals surface area contributed by atoms with Crippen molar-refractivity contribution in [3.05, 3.63) is 0 Å². The van der Waals surface area contributed by atoms with Crippen molar-refractivity contribution in [1.82, 2.24) is 4.90 Å². The molecule has 0 aromatic carbocycles. The van der Waals surface area contributed by atoms with Crippen molar-refractivity contribution in [2.45, 2.75) is 57.0 Å². The molecule has 0 aromatic heterocycles. The molecule has 0 atom stereocenters. The molecule has 0 spiro atoms. The second-order valence-corrected chi connectivity index (χ2v) is 5.15. The Hall–Kier alpha value is -0.570. The van der Waals surface area contributed by atoms with Crippen LogP contribution >= 0.6 is 0 Å². The van der Waals surface area contributed by atoms with Crippen molar-refractivity contribution in [2.24, 2.45) is 11.7 Å². The van der Waals surface area contributed by atoms with Crippen molar-refractivity contribution in [3.8, 4) is 0 Å². The van der Waals surface area contributed by atoms with E-state index >= 15 is 0 Å². The minimum atomic E-state index is 0.339. The molecule has 2 aliphatic rings. The highest BCUT2D eigenvalue weighted by Crippen LogP contribution is 2.30. The summed E-state index contributed by atoms with van der Waals surface area (Å²) in [5.74, 6) is 0.715. The molecule has 0 heterocycles. The number of hydrogen-bond donors (Lipinski definition) is 1. The van der Waals surface area contributed by atoms with Crippen molar-refractivity contribution in [3.63, 3.8) is 0 Å². The SMILES string of the molecule is CN(C(=O)C1CCC1)C1CCC(N)CC1. The van der Waals surface area contributed by atoms with Crippen LogP contribution in [-0.4, -0.2) is 29.9 Å². The molecule has 86 valence electrons. The van der Waals surface area contributed by atoms with Gasteiger partial charge in [-0.1, -0.05) is 6.42 Å². The first kappa shape index (κ1) is 10.9. The molecule has 3 nitrogen and oxygen atoms in total. The Bertz CT molecular complexity index is 230. The van der Waals surface area contributed by atoms with E-state index in [9.17, 15) is 4.79 Å². The zero-order valence-electron chi connectivity index (χ0n) is 9.61. The summed E-state index contributed by atoms with van der Waals surface area (Å²) in [5, 5.41) is 0. The highest BCUT2D eigenvalue weighted by atomic mass is 16.2. The van der Waals surface area contributed by atoms with Crippen molar-refractivity contribution in [1.29, 1.82) is 0 Å². The number of rotatable bonds is 2. The average molecular weight is 210 g/mol. The molecule has 0 aliphatic heterocycles. The normalized spacial score (nSPS) is 32.1. The molecule has 0 aromatic rings. The first-order valence-electron chi connectivity index (χ1n) is 6.20. The van der Waals surface area contributed by atoms with Crippen LogP contribution in [0.5, 0.6) is 0 Å². The fourth-order valence-electron chi connectivity index (χ4n) is 2.61. The Morgan fingerprint density at radius 1 is 1.13 bits per heavy atom. The summed E-state index contributed by atoms with van der Waals surface area (Å²) in [6.07, 6.45) is 7.79. The first-order valence-corrected chi connectivity index (χ1v) is 6.20. The second-order valence-electron chi connectivity index (χ2n) is 5.15. The van der Waals surface area contributed by atoms with Crippen LogP contribution in [0.1, 0.15) is 44.9 Å². The van der Waals surface area contributed by atoms with Crippen molar-refractivity contribution in [2.75, 3.05) is 7.05 Å². The number of nitrogens with zero attached hydrogens (tertiary/aromatic N) is 1. The third kappa shape index (κ3) is 2.33. The number of carbonyl (C=O) groups is 1. The number of hydrogen-bond acceptors (Lipinski definition) is 2. The molecule has 3 heteroatoms. The lowest BCUT2D eigenvalue weighted by Crippen LogP contribution is -2.45. The monoisotopic (exact) mass is 210 g/mol. The molecule has 0 saturated heterocycles. The number of nitrogens with two attached hydrogens (primary N) is 1. The smallest absolute Gasteiger partial charge is 0.225 e. The van der Waals surface area contributed by atoms with E-state index < -0.39 is 0 Å². The maximum atomic E-state index is 12.0. The molecule has 2 rings (SSSR count). The average Bonchev–Trinajstić information content (AvgIpc) is 2.15. The van der Waals surface area contributed by atoms with E-state index in [-0.39, 0.29) is 0 Å². The van der Waals surface area contributed by atoms with Crippen molar-refractivity contribution >= 4 is 5.91 Å². The van der Waals surface area contributed by atoms with Gasteiger partial charge in [0, 0.05) is 25.0 Å². The summed E-state index contributed by atoms with van der Waals surface area (Å²) in [7, 11) is 1.97. The van der Waals surface area contributed by atoms with Gasteiger partial charge in [0.05, 0.1) is 0 Å². The van der Waals surface area contributed by atoms with E-state index in [1.165, 1.54) is 6.42 Å².